The van der Waals surface area contributed by atoms with E-state index in [-0.39, 0.29) is 12.5 Å². The van der Waals surface area contributed by atoms with E-state index in [2.05, 4.69) is 60.7 Å². The van der Waals surface area contributed by atoms with E-state index in [9.17, 15) is 4.79 Å². The van der Waals surface area contributed by atoms with Crippen LogP contribution in [0.2, 0.25) is 0 Å². The molecule has 0 saturated carbocycles. The van der Waals surface area contributed by atoms with Gasteiger partial charge in [0.05, 0.1) is 5.52 Å². The summed E-state index contributed by atoms with van der Waals surface area (Å²) in [5.74, 6) is 0.914. The Bertz CT molecular complexity index is 1880. The van der Waals surface area contributed by atoms with Crippen LogP contribution in [-0.4, -0.2) is 18.1 Å². The first-order valence-electron chi connectivity index (χ1n) is 13.9. The molecule has 1 heterocycles. The summed E-state index contributed by atoms with van der Waals surface area (Å²) in [4.78, 5) is 19.8. The molecule has 7 rings (SSSR count). The van der Waals surface area contributed by atoms with E-state index in [1.165, 1.54) is 32.7 Å². The van der Waals surface area contributed by atoms with E-state index in [1.54, 1.807) is 11.9 Å². The first-order valence-corrected chi connectivity index (χ1v) is 13.9. The molecule has 0 fully saturated rings. The number of hydrogen-bond donors (Lipinski definition) is 0. The van der Waals surface area contributed by atoms with Gasteiger partial charge in [0, 0.05) is 12.4 Å². The number of carbonyl (C=O) groups excluding carboxylic acids is 1. The number of hydrogen-bond acceptors (Lipinski definition) is 3. The van der Waals surface area contributed by atoms with Crippen molar-refractivity contribution in [3.05, 3.63) is 131 Å². The standard InChI is InChI=1S/C36H30N2O2/c1-38(36(39)40-23-24-9-3-2-4-10-24)35-33(22-28-12-6-8-14-34(28)37-35)27-16-15-26-18-19-30-29-13-7-5-11-25(29)17-20-31(30)32(26)21-27/h2-14,17-20,22,27H,15-16,21,23H2,1H3. The maximum atomic E-state index is 13.2. The fraction of sp³-hybridized carbons (Fsp3) is 0.167. The minimum atomic E-state index is -0.402. The molecular formula is C36H30N2O2. The molecule has 4 nitrogen and oxygen atoms in total. The third-order valence-corrected chi connectivity index (χ3v) is 8.32. The molecule has 1 aromatic heterocycles. The minimum Gasteiger partial charge on any atom is -0.444 e. The van der Waals surface area contributed by atoms with Crippen molar-refractivity contribution < 1.29 is 9.53 Å². The Labute approximate surface area is 233 Å². The normalized spacial score (nSPS) is 14.8. The fourth-order valence-electron chi connectivity index (χ4n) is 6.21. The molecule has 0 saturated heterocycles. The fourth-order valence-corrected chi connectivity index (χ4v) is 6.21. The summed E-state index contributed by atoms with van der Waals surface area (Å²) >= 11 is 0. The predicted molar refractivity (Wildman–Crippen MR) is 163 cm³/mol. The molecular weight excluding hydrogens is 492 g/mol. The van der Waals surface area contributed by atoms with E-state index in [4.69, 9.17) is 9.72 Å². The van der Waals surface area contributed by atoms with Crippen molar-refractivity contribution in [2.45, 2.75) is 31.8 Å². The molecule has 1 unspecified atom stereocenters. The number of pyridine rings is 1. The maximum absolute atomic E-state index is 13.2. The molecule has 5 aromatic carbocycles. The van der Waals surface area contributed by atoms with E-state index < -0.39 is 6.09 Å². The van der Waals surface area contributed by atoms with Gasteiger partial charge in [0.1, 0.15) is 12.4 Å². The average Bonchev–Trinajstić information content (AvgIpc) is 3.02. The van der Waals surface area contributed by atoms with Gasteiger partial charge in [-0.25, -0.2) is 9.78 Å². The van der Waals surface area contributed by atoms with Crippen molar-refractivity contribution in [3.8, 4) is 0 Å². The smallest absolute Gasteiger partial charge is 0.415 e. The van der Waals surface area contributed by atoms with Crippen LogP contribution in [0.25, 0.3) is 32.4 Å². The van der Waals surface area contributed by atoms with Crippen molar-refractivity contribution in [1.82, 2.24) is 4.98 Å². The maximum Gasteiger partial charge on any atom is 0.415 e. The minimum absolute atomic E-state index is 0.226. The molecule has 0 N–H and O–H groups in total. The molecule has 0 spiro atoms. The summed E-state index contributed by atoms with van der Waals surface area (Å²) in [5.41, 5.74) is 5.76. The van der Waals surface area contributed by atoms with Crippen molar-refractivity contribution in [1.29, 1.82) is 0 Å². The van der Waals surface area contributed by atoms with Crippen molar-refractivity contribution in [3.63, 3.8) is 0 Å². The van der Waals surface area contributed by atoms with E-state index in [1.807, 2.05) is 48.5 Å². The number of para-hydroxylation sites is 1. The number of amides is 1. The highest BCUT2D eigenvalue weighted by Crippen LogP contribution is 2.41. The first-order chi connectivity index (χ1) is 19.7. The Morgan fingerprint density at radius 2 is 1.57 bits per heavy atom. The van der Waals surface area contributed by atoms with Crippen LogP contribution in [-0.2, 0) is 24.2 Å². The number of nitrogens with zero attached hydrogens (tertiary/aromatic N) is 2. The lowest BCUT2D eigenvalue weighted by molar-refractivity contribution is 0.148. The molecule has 1 aliphatic rings. The van der Waals surface area contributed by atoms with E-state index in [0.29, 0.717) is 5.82 Å². The molecule has 0 bridgehead atoms. The summed E-state index contributed by atoms with van der Waals surface area (Å²) in [6.45, 7) is 0.226. The zero-order valence-corrected chi connectivity index (χ0v) is 22.5. The molecule has 40 heavy (non-hydrogen) atoms. The molecule has 6 aromatic rings. The highest BCUT2D eigenvalue weighted by atomic mass is 16.6. The summed E-state index contributed by atoms with van der Waals surface area (Å²) < 4.78 is 5.70. The molecule has 4 heteroatoms. The second kappa shape index (κ2) is 10.1. The molecule has 0 radical (unpaired) electrons. The number of aryl methyl sites for hydroxylation is 1. The second-order valence-corrected chi connectivity index (χ2v) is 10.7. The number of ether oxygens (including phenoxy) is 1. The van der Waals surface area contributed by atoms with Crippen LogP contribution in [0.3, 0.4) is 0 Å². The lowest BCUT2D eigenvalue weighted by Gasteiger charge is -2.29. The Morgan fingerprint density at radius 1 is 0.825 bits per heavy atom. The lowest BCUT2D eigenvalue weighted by Crippen LogP contribution is -2.30. The van der Waals surface area contributed by atoms with Gasteiger partial charge in [0.15, 0.2) is 0 Å². The van der Waals surface area contributed by atoms with E-state index >= 15 is 0 Å². The highest BCUT2D eigenvalue weighted by molar-refractivity contribution is 6.08. The number of anilines is 1. The number of rotatable bonds is 4. The zero-order chi connectivity index (χ0) is 27.1. The molecule has 196 valence electrons. The van der Waals surface area contributed by atoms with Gasteiger partial charge in [0.25, 0.3) is 0 Å². The third kappa shape index (κ3) is 4.36. The van der Waals surface area contributed by atoms with Crippen molar-refractivity contribution >= 4 is 44.4 Å². The van der Waals surface area contributed by atoms with Crippen LogP contribution in [0.1, 0.15) is 34.6 Å². The molecule has 1 amide bonds. The van der Waals surface area contributed by atoms with Crippen LogP contribution in [0.15, 0.2) is 109 Å². The molecule has 0 aliphatic heterocycles. The summed E-state index contributed by atoms with van der Waals surface area (Å²) in [5, 5.41) is 6.27. The van der Waals surface area contributed by atoms with Gasteiger partial charge >= 0.3 is 6.09 Å². The van der Waals surface area contributed by atoms with Crippen LogP contribution < -0.4 is 4.90 Å². The van der Waals surface area contributed by atoms with Gasteiger partial charge in [-0.3, -0.25) is 4.90 Å². The SMILES string of the molecule is CN(C(=O)OCc1ccccc1)c1nc2ccccc2cc1C1CCc2ccc3c(ccc4ccccc43)c2C1. The quantitative estimate of drug-likeness (QED) is 0.218. The number of benzene rings is 5. The number of aromatic nitrogens is 1. The Kier molecular flexibility index (Phi) is 6.16. The largest absolute Gasteiger partial charge is 0.444 e. The summed E-state index contributed by atoms with van der Waals surface area (Å²) in [6, 6.07) is 37.8. The van der Waals surface area contributed by atoms with Gasteiger partial charge < -0.3 is 4.74 Å². The monoisotopic (exact) mass is 522 g/mol. The van der Waals surface area contributed by atoms with Crippen LogP contribution in [0, 0.1) is 0 Å². The summed E-state index contributed by atoms with van der Waals surface area (Å²) in [7, 11) is 1.77. The average molecular weight is 523 g/mol. The van der Waals surface area contributed by atoms with Crippen LogP contribution in [0.5, 0.6) is 0 Å². The van der Waals surface area contributed by atoms with Gasteiger partial charge in [-0.2, -0.15) is 0 Å². The Balaban J connectivity index is 1.27. The highest BCUT2D eigenvalue weighted by Gasteiger charge is 2.28. The third-order valence-electron chi connectivity index (χ3n) is 8.32. The second-order valence-electron chi connectivity index (χ2n) is 10.7. The predicted octanol–water partition coefficient (Wildman–Crippen LogP) is 8.59. The Morgan fingerprint density at radius 3 is 2.45 bits per heavy atom. The van der Waals surface area contributed by atoms with Crippen molar-refractivity contribution in [2.24, 2.45) is 0 Å². The van der Waals surface area contributed by atoms with Gasteiger partial charge in [-0.1, -0.05) is 97.1 Å². The first kappa shape index (κ1) is 24.3. The number of carbonyl (C=O) groups is 1. The Hall–Kier alpha value is -4.70. The lowest BCUT2D eigenvalue weighted by atomic mass is 9.78. The summed E-state index contributed by atoms with van der Waals surface area (Å²) in [6.07, 6.45) is 2.51. The van der Waals surface area contributed by atoms with Crippen LogP contribution in [0.4, 0.5) is 10.6 Å². The topological polar surface area (TPSA) is 42.4 Å². The van der Waals surface area contributed by atoms with Gasteiger partial charge in [-0.05, 0) is 81.1 Å². The zero-order valence-electron chi connectivity index (χ0n) is 22.5. The molecule has 1 atom stereocenters. The van der Waals surface area contributed by atoms with E-state index in [0.717, 1.165) is 41.3 Å². The number of fused-ring (bicyclic) bond motifs is 6. The van der Waals surface area contributed by atoms with Crippen LogP contribution >= 0.6 is 0 Å². The van der Waals surface area contributed by atoms with Gasteiger partial charge in [-0.15, -0.1) is 0 Å². The van der Waals surface area contributed by atoms with Crippen molar-refractivity contribution in [2.75, 3.05) is 11.9 Å². The molecule has 1 aliphatic carbocycles. The van der Waals surface area contributed by atoms with Gasteiger partial charge in [0.2, 0.25) is 0 Å².